The second-order valence-electron chi connectivity index (χ2n) is 7.09. The summed E-state index contributed by atoms with van der Waals surface area (Å²) in [6.45, 7) is 0. The number of carbonyl (C=O) groups is 1. The molecule has 1 aromatic carbocycles. The monoisotopic (exact) mass is 407 g/mol. The molecule has 0 saturated heterocycles. The average Bonchev–Trinajstić information content (AvgIpc) is 3.35. The number of nitrogens with two attached hydrogens (primary N) is 1. The zero-order chi connectivity index (χ0) is 20.0. The highest BCUT2D eigenvalue weighted by molar-refractivity contribution is 7.21. The maximum atomic E-state index is 13.5. The normalized spacial score (nSPS) is 13.4. The van der Waals surface area contributed by atoms with Gasteiger partial charge in [0.25, 0.3) is 5.91 Å². The van der Waals surface area contributed by atoms with Gasteiger partial charge in [-0.3, -0.25) is 4.79 Å². The van der Waals surface area contributed by atoms with E-state index in [4.69, 9.17) is 15.1 Å². The molecule has 1 aliphatic rings. The predicted octanol–water partition coefficient (Wildman–Crippen LogP) is 5.41. The van der Waals surface area contributed by atoms with E-state index in [1.807, 2.05) is 12.1 Å². The van der Waals surface area contributed by atoms with Crippen molar-refractivity contribution in [1.82, 2.24) is 4.98 Å². The van der Waals surface area contributed by atoms with Gasteiger partial charge in [-0.25, -0.2) is 9.37 Å². The molecule has 3 aromatic heterocycles. The van der Waals surface area contributed by atoms with Gasteiger partial charge in [0.2, 0.25) is 0 Å². The molecule has 7 heteroatoms. The molecule has 0 fully saturated rings. The minimum atomic E-state index is -0.415. The molecular formula is C22H18FN3O2S. The number of anilines is 2. The smallest absolute Gasteiger partial charge is 0.267 e. The number of hydrogen-bond acceptors (Lipinski definition) is 5. The number of carbonyl (C=O) groups excluding carboxylic acids is 1. The number of aromatic nitrogens is 1. The highest BCUT2D eigenvalue weighted by atomic mass is 32.1. The molecule has 0 atom stereocenters. The number of furan rings is 1. The first-order valence-electron chi connectivity index (χ1n) is 9.46. The molecule has 0 aliphatic heterocycles. The van der Waals surface area contributed by atoms with Gasteiger partial charge in [0.15, 0.2) is 0 Å². The molecule has 0 radical (unpaired) electrons. The number of nitrogen functional groups attached to an aromatic ring is 1. The fourth-order valence-corrected chi connectivity index (χ4v) is 4.94. The summed E-state index contributed by atoms with van der Waals surface area (Å²) in [6.07, 6.45) is 5.63. The van der Waals surface area contributed by atoms with Crippen LogP contribution in [0.2, 0.25) is 0 Å². The van der Waals surface area contributed by atoms with Crippen molar-refractivity contribution in [2.75, 3.05) is 11.1 Å². The van der Waals surface area contributed by atoms with Crippen molar-refractivity contribution in [2.45, 2.75) is 25.7 Å². The molecule has 5 nitrogen and oxygen atoms in total. The molecule has 4 aromatic rings. The van der Waals surface area contributed by atoms with Crippen molar-refractivity contribution < 1.29 is 13.6 Å². The molecule has 3 N–H and O–H groups in total. The first-order valence-corrected chi connectivity index (χ1v) is 10.3. The zero-order valence-electron chi connectivity index (χ0n) is 15.5. The Hall–Kier alpha value is -3.19. The predicted molar refractivity (Wildman–Crippen MR) is 113 cm³/mol. The molecule has 0 spiro atoms. The third-order valence-electron chi connectivity index (χ3n) is 5.21. The van der Waals surface area contributed by atoms with Crippen LogP contribution in [0, 0.1) is 5.82 Å². The largest absolute Gasteiger partial charge is 0.464 e. The average molecular weight is 407 g/mol. The van der Waals surface area contributed by atoms with E-state index in [0.717, 1.165) is 58.5 Å². The van der Waals surface area contributed by atoms with Crippen molar-refractivity contribution in [2.24, 2.45) is 0 Å². The van der Waals surface area contributed by atoms with Gasteiger partial charge in [-0.15, -0.1) is 11.3 Å². The number of halogens is 1. The maximum absolute atomic E-state index is 13.5. The van der Waals surface area contributed by atoms with Crippen LogP contribution in [0.4, 0.5) is 15.8 Å². The van der Waals surface area contributed by atoms with Crippen molar-refractivity contribution in [1.29, 1.82) is 0 Å². The fraction of sp³-hybridized carbons (Fsp3) is 0.182. The maximum Gasteiger partial charge on any atom is 0.267 e. The van der Waals surface area contributed by atoms with Crippen LogP contribution in [-0.2, 0) is 12.8 Å². The molecule has 3 heterocycles. The van der Waals surface area contributed by atoms with Gasteiger partial charge in [0.05, 0.1) is 12.0 Å². The Labute approximate surface area is 170 Å². The van der Waals surface area contributed by atoms with Gasteiger partial charge >= 0.3 is 0 Å². The quantitative estimate of drug-likeness (QED) is 0.476. The number of aryl methyl sites for hydroxylation is 1. The molecule has 1 amide bonds. The number of thiophene rings is 1. The first kappa shape index (κ1) is 17.9. The van der Waals surface area contributed by atoms with Gasteiger partial charge in [0, 0.05) is 22.3 Å². The molecule has 0 bridgehead atoms. The van der Waals surface area contributed by atoms with Gasteiger partial charge in [0.1, 0.15) is 21.3 Å². The number of rotatable bonds is 3. The minimum absolute atomic E-state index is 0.368. The number of hydrogen-bond donors (Lipinski definition) is 2. The second-order valence-corrected chi connectivity index (χ2v) is 8.09. The highest BCUT2D eigenvalue weighted by Gasteiger charge is 2.26. The topological polar surface area (TPSA) is 81.2 Å². The third kappa shape index (κ3) is 3.07. The lowest BCUT2D eigenvalue weighted by Crippen LogP contribution is -2.12. The van der Waals surface area contributed by atoms with Gasteiger partial charge in [-0.1, -0.05) is 6.07 Å². The van der Waals surface area contributed by atoms with Crippen LogP contribution in [0.25, 0.3) is 21.5 Å². The number of nitrogens with one attached hydrogen (secondary N) is 1. The Morgan fingerprint density at radius 1 is 1.21 bits per heavy atom. The van der Waals surface area contributed by atoms with Crippen LogP contribution < -0.4 is 11.1 Å². The standard InChI is InChI=1S/C22H18FN3O2S/c23-12-5-3-6-13(11-12)25-21(27)20-19(24)18-17(16-9-4-10-28-16)14-7-1-2-8-15(14)26-22(18)29-20/h3-6,9-11H,1-2,7-8,24H2,(H,25,27). The van der Waals surface area contributed by atoms with Crippen LogP contribution in [-0.4, -0.2) is 10.9 Å². The summed E-state index contributed by atoms with van der Waals surface area (Å²) in [6, 6.07) is 9.53. The Kier molecular flexibility index (Phi) is 4.32. The molecule has 5 rings (SSSR count). The van der Waals surface area contributed by atoms with Crippen LogP contribution in [0.15, 0.2) is 47.1 Å². The number of fused-ring (bicyclic) bond motifs is 2. The van der Waals surface area contributed by atoms with Crippen LogP contribution in [0.1, 0.15) is 33.8 Å². The van der Waals surface area contributed by atoms with E-state index in [1.165, 1.54) is 23.5 Å². The molecule has 146 valence electrons. The lowest BCUT2D eigenvalue weighted by atomic mass is 9.89. The van der Waals surface area contributed by atoms with E-state index in [0.29, 0.717) is 16.3 Å². The lowest BCUT2D eigenvalue weighted by molar-refractivity contribution is 0.103. The van der Waals surface area contributed by atoms with Crippen molar-refractivity contribution in [3.63, 3.8) is 0 Å². The summed E-state index contributed by atoms with van der Waals surface area (Å²) in [5.41, 5.74) is 10.4. The Morgan fingerprint density at radius 2 is 2.07 bits per heavy atom. The van der Waals surface area contributed by atoms with Crippen molar-refractivity contribution in [3.05, 3.63) is 64.6 Å². The Bertz CT molecular complexity index is 1230. The SMILES string of the molecule is Nc1c(C(=O)Nc2cccc(F)c2)sc2nc3c(c(-c4ccco4)c12)CCCC3. The second kappa shape index (κ2) is 7.00. The molecule has 29 heavy (non-hydrogen) atoms. The Morgan fingerprint density at radius 3 is 2.86 bits per heavy atom. The molecule has 0 saturated carbocycles. The molecular weight excluding hydrogens is 389 g/mol. The van der Waals surface area contributed by atoms with Gasteiger partial charge in [-0.05, 0) is 61.6 Å². The zero-order valence-corrected chi connectivity index (χ0v) is 16.3. The van der Waals surface area contributed by atoms with Gasteiger partial charge in [-0.2, -0.15) is 0 Å². The van der Waals surface area contributed by atoms with Crippen LogP contribution in [0.3, 0.4) is 0 Å². The van der Waals surface area contributed by atoms with Gasteiger partial charge < -0.3 is 15.5 Å². The summed E-state index contributed by atoms with van der Waals surface area (Å²) in [5, 5.41) is 3.48. The summed E-state index contributed by atoms with van der Waals surface area (Å²) in [5.74, 6) is -0.0573. The van der Waals surface area contributed by atoms with E-state index in [1.54, 1.807) is 18.4 Å². The first-order chi connectivity index (χ1) is 14.1. The molecule has 1 aliphatic carbocycles. The van der Waals surface area contributed by atoms with E-state index in [9.17, 15) is 9.18 Å². The van der Waals surface area contributed by atoms with E-state index >= 15 is 0 Å². The summed E-state index contributed by atoms with van der Waals surface area (Å²) >= 11 is 1.26. The number of nitrogens with zero attached hydrogens (tertiary/aromatic N) is 1. The van der Waals surface area contributed by atoms with Crippen LogP contribution >= 0.6 is 11.3 Å². The van der Waals surface area contributed by atoms with Crippen molar-refractivity contribution in [3.8, 4) is 11.3 Å². The lowest BCUT2D eigenvalue weighted by Gasteiger charge is -2.18. The fourth-order valence-electron chi connectivity index (χ4n) is 3.92. The minimum Gasteiger partial charge on any atom is -0.464 e. The summed E-state index contributed by atoms with van der Waals surface area (Å²) in [7, 11) is 0. The van der Waals surface area contributed by atoms with Crippen LogP contribution in [0.5, 0.6) is 0 Å². The highest BCUT2D eigenvalue weighted by Crippen LogP contribution is 2.44. The summed E-state index contributed by atoms with van der Waals surface area (Å²) < 4.78 is 19.2. The Balaban J connectivity index is 1.66. The number of benzene rings is 1. The number of pyridine rings is 1. The number of amides is 1. The third-order valence-corrected chi connectivity index (χ3v) is 6.31. The van der Waals surface area contributed by atoms with E-state index in [2.05, 4.69) is 5.32 Å². The van der Waals surface area contributed by atoms with Crippen molar-refractivity contribution >= 4 is 38.8 Å². The molecule has 0 unspecified atom stereocenters. The van der Waals surface area contributed by atoms with E-state index < -0.39 is 5.82 Å². The summed E-state index contributed by atoms with van der Waals surface area (Å²) in [4.78, 5) is 18.8. The van der Waals surface area contributed by atoms with E-state index in [-0.39, 0.29) is 5.91 Å².